The number of hydrogen-bond acceptors (Lipinski definition) is 3. The van der Waals surface area contributed by atoms with Crippen molar-refractivity contribution < 1.29 is 4.79 Å². The molecule has 0 aliphatic carbocycles. The zero-order valence-electron chi connectivity index (χ0n) is 15.0. The number of anilines is 1. The number of nitrogens with one attached hydrogen (secondary N) is 1. The second-order valence-electron chi connectivity index (χ2n) is 6.38. The molecule has 4 rings (SSSR count). The summed E-state index contributed by atoms with van der Waals surface area (Å²) in [5, 5.41) is 8.22. The molecule has 5 nitrogen and oxygen atoms in total. The lowest BCUT2D eigenvalue weighted by Crippen LogP contribution is -2.26. The molecule has 1 N–H and O–H groups in total. The van der Waals surface area contributed by atoms with Crippen LogP contribution < -0.4 is 10.9 Å². The minimum absolute atomic E-state index is 0.187. The Kier molecular flexibility index (Phi) is 4.79. The lowest BCUT2D eigenvalue weighted by atomic mass is 10.1. The van der Waals surface area contributed by atoms with Crippen molar-refractivity contribution in [3.8, 4) is 5.69 Å². The fraction of sp³-hybridized carbons (Fsp3) is 0.0455. The average molecular weight is 434 g/mol. The van der Waals surface area contributed by atoms with Crippen LogP contribution in [0.4, 0.5) is 5.69 Å². The highest BCUT2D eigenvalue weighted by molar-refractivity contribution is 9.10. The number of carbonyl (C=O) groups is 1. The molecule has 1 heterocycles. The van der Waals surface area contributed by atoms with Gasteiger partial charge in [0.25, 0.3) is 11.5 Å². The Labute approximate surface area is 169 Å². The smallest absolute Gasteiger partial charge is 0.279 e. The molecule has 0 saturated carbocycles. The first-order valence-electron chi connectivity index (χ1n) is 8.69. The van der Waals surface area contributed by atoms with Crippen LogP contribution in [0.3, 0.4) is 0 Å². The number of hydrogen-bond donors (Lipinski definition) is 1. The molecule has 0 saturated heterocycles. The lowest BCUT2D eigenvalue weighted by molar-refractivity contribution is 0.102. The van der Waals surface area contributed by atoms with E-state index in [4.69, 9.17) is 0 Å². The Morgan fingerprint density at radius 2 is 1.64 bits per heavy atom. The average Bonchev–Trinajstić information content (AvgIpc) is 2.71. The molecule has 0 spiro atoms. The van der Waals surface area contributed by atoms with Gasteiger partial charge in [-0.3, -0.25) is 9.59 Å². The highest BCUT2D eigenvalue weighted by Crippen LogP contribution is 2.24. The first-order chi connectivity index (χ1) is 13.5. The molecule has 0 aliphatic rings. The molecular weight excluding hydrogens is 418 g/mol. The summed E-state index contributed by atoms with van der Waals surface area (Å²) < 4.78 is 2.04. The van der Waals surface area contributed by atoms with Crippen LogP contribution in [-0.4, -0.2) is 15.7 Å². The standard InChI is InChI=1S/C22H16BrN3O2/c1-14-11-12-19(18(23)13-14)24-21(27)20-16-9-5-6-10-17(16)22(28)26(25-20)15-7-3-2-4-8-15/h2-13H,1H3,(H,24,27). The molecule has 1 amide bonds. The fourth-order valence-electron chi connectivity index (χ4n) is 3.00. The highest BCUT2D eigenvalue weighted by atomic mass is 79.9. The van der Waals surface area contributed by atoms with Crippen molar-refractivity contribution >= 4 is 38.3 Å². The minimum atomic E-state index is -0.384. The second-order valence-corrected chi connectivity index (χ2v) is 7.24. The summed E-state index contributed by atoms with van der Waals surface area (Å²) >= 11 is 3.47. The van der Waals surface area contributed by atoms with Gasteiger partial charge in [0.05, 0.1) is 16.8 Å². The highest BCUT2D eigenvalue weighted by Gasteiger charge is 2.18. The van der Waals surface area contributed by atoms with Gasteiger partial charge in [0.1, 0.15) is 0 Å². The summed E-state index contributed by atoms with van der Waals surface area (Å²) in [7, 11) is 0. The number of amides is 1. The number of rotatable bonds is 3. The third-order valence-corrected chi connectivity index (χ3v) is 5.05. The van der Waals surface area contributed by atoms with Crippen molar-refractivity contribution in [2.24, 2.45) is 0 Å². The number of fused-ring (bicyclic) bond motifs is 1. The maximum atomic E-state index is 13.1. The maximum absolute atomic E-state index is 13.1. The SMILES string of the molecule is Cc1ccc(NC(=O)c2nn(-c3ccccc3)c(=O)c3ccccc23)c(Br)c1. The van der Waals surface area contributed by atoms with Gasteiger partial charge in [0.15, 0.2) is 5.69 Å². The summed E-state index contributed by atoms with van der Waals surface area (Å²) in [6.45, 7) is 1.97. The molecular formula is C22H16BrN3O2. The second kappa shape index (κ2) is 7.40. The van der Waals surface area contributed by atoms with Crippen molar-refractivity contribution in [2.45, 2.75) is 6.92 Å². The molecule has 0 fully saturated rings. The molecule has 4 aromatic rings. The van der Waals surface area contributed by atoms with E-state index in [1.54, 1.807) is 36.4 Å². The van der Waals surface area contributed by atoms with Crippen LogP contribution in [0, 0.1) is 6.92 Å². The predicted octanol–water partition coefficient (Wildman–Crippen LogP) is 4.71. The number of nitrogens with zero attached hydrogens (tertiary/aromatic N) is 2. The molecule has 28 heavy (non-hydrogen) atoms. The predicted molar refractivity (Wildman–Crippen MR) is 114 cm³/mol. The van der Waals surface area contributed by atoms with E-state index in [1.165, 1.54) is 4.68 Å². The van der Waals surface area contributed by atoms with Crippen LogP contribution in [0.5, 0.6) is 0 Å². The first-order valence-corrected chi connectivity index (χ1v) is 9.49. The van der Waals surface area contributed by atoms with E-state index >= 15 is 0 Å². The van der Waals surface area contributed by atoms with Crippen LogP contribution in [0.15, 0.2) is 82.1 Å². The summed E-state index contributed by atoms with van der Waals surface area (Å²) in [4.78, 5) is 26.0. The Hall–Kier alpha value is -3.25. The van der Waals surface area contributed by atoms with Crippen LogP contribution in [0.1, 0.15) is 16.1 Å². The number of aryl methyl sites for hydroxylation is 1. The van der Waals surface area contributed by atoms with Gasteiger partial charge in [-0.15, -0.1) is 0 Å². The summed E-state index contributed by atoms with van der Waals surface area (Å²) in [6.07, 6.45) is 0. The zero-order valence-corrected chi connectivity index (χ0v) is 16.6. The third-order valence-electron chi connectivity index (χ3n) is 4.39. The molecule has 138 valence electrons. The van der Waals surface area contributed by atoms with Crippen LogP contribution in [-0.2, 0) is 0 Å². The van der Waals surface area contributed by atoms with E-state index in [0.29, 0.717) is 22.1 Å². The van der Waals surface area contributed by atoms with Gasteiger partial charge in [0, 0.05) is 9.86 Å². The Morgan fingerprint density at radius 3 is 2.36 bits per heavy atom. The van der Waals surface area contributed by atoms with Crippen LogP contribution in [0.25, 0.3) is 16.5 Å². The van der Waals surface area contributed by atoms with Crippen molar-refractivity contribution in [2.75, 3.05) is 5.32 Å². The van der Waals surface area contributed by atoms with E-state index in [-0.39, 0.29) is 17.2 Å². The third kappa shape index (κ3) is 3.34. The van der Waals surface area contributed by atoms with Crippen molar-refractivity contribution in [3.05, 3.63) is 98.9 Å². The Morgan fingerprint density at radius 1 is 0.964 bits per heavy atom. The van der Waals surface area contributed by atoms with Gasteiger partial charge < -0.3 is 5.32 Å². The monoisotopic (exact) mass is 433 g/mol. The Bertz CT molecular complexity index is 1250. The summed E-state index contributed by atoms with van der Waals surface area (Å²) in [6, 6.07) is 21.7. The normalized spacial score (nSPS) is 10.8. The van der Waals surface area contributed by atoms with Gasteiger partial charge in [-0.25, -0.2) is 0 Å². The number of aromatic nitrogens is 2. The van der Waals surface area contributed by atoms with E-state index in [9.17, 15) is 9.59 Å². The molecule has 0 bridgehead atoms. The zero-order chi connectivity index (χ0) is 19.7. The van der Waals surface area contributed by atoms with E-state index in [1.807, 2.05) is 43.3 Å². The number of benzene rings is 3. The first kappa shape index (κ1) is 18.1. The van der Waals surface area contributed by atoms with Gasteiger partial charge in [0.2, 0.25) is 0 Å². The number of carbonyl (C=O) groups excluding carboxylic acids is 1. The maximum Gasteiger partial charge on any atom is 0.279 e. The molecule has 3 aromatic carbocycles. The van der Waals surface area contributed by atoms with Crippen molar-refractivity contribution in [3.63, 3.8) is 0 Å². The fourth-order valence-corrected chi connectivity index (χ4v) is 3.60. The van der Waals surface area contributed by atoms with E-state index in [2.05, 4.69) is 26.3 Å². The Balaban J connectivity index is 1.87. The molecule has 6 heteroatoms. The molecule has 0 atom stereocenters. The van der Waals surface area contributed by atoms with Crippen molar-refractivity contribution in [1.82, 2.24) is 9.78 Å². The van der Waals surface area contributed by atoms with Gasteiger partial charge >= 0.3 is 0 Å². The summed E-state index contributed by atoms with van der Waals surface area (Å²) in [5.74, 6) is -0.384. The molecule has 0 radical (unpaired) electrons. The van der Waals surface area contributed by atoms with Gasteiger partial charge in [-0.1, -0.05) is 42.5 Å². The van der Waals surface area contributed by atoms with Gasteiger partial charge in [-0.2, -0.15) is 9.78 Å². The number of halogens is 1. The molecule has 1 aromatic heterocycles. The summed E-state index contributed by atoms with van der Waals surface area (Å²) in [5.41, 5.74) is 2.23. The molecule has 0 aliphatic heterocycles. The van der Waals surface area contributed by atoms with E-state index < -0.39 is 0 Å². The van der Waals surface area contributed by atoms with Crippen molar-refractivity contribution in [1.29, 1.82) is 0 Å². The largest absolute Gasteiger partial charge is 0.320 e. The van der Waals surface area contributed by atoms with E-state index in [0.717, 1.165) is 10.0 Å². The minimum Gasteiger partial charge on any atom is -0.320 e. The number of para-hydroxylation sites is 1. The quantitative estimate of drug-likeness (QED) is 0.508. The lowest BCUT2D eigenvalue weighted by Gasteiger charge is -2.12. The molecule has 0 unspecified atom stereocenters. The van der Waals surface area contributed by atoms with Crippen LogP contribution >= 0.6 is 15.9 Å². The van der Waals surface area contributed by atoms with Gasteiger partial charge in [-0.05, 0) is 58.7 Å². The van der Waals surface area contributed by atoms with Crippen LogP contribution in [0.2, 0.25) is 0 Å². The topological polar surface area (TPSA) is 64.0 Å².